The van der Waals surface area contributed by atoms with Crippen molar-refractivity contribution in [1.82, 2.24) is 0 Å². The number of esters is 1. The summed E-state index contributed by atoms with van der Waals surface area (Å²) in [5, 5.41) is 2.04. The van der Waals surface area contributed by atoms with Gasteiger partial charge in [-0.1, -0.05) is 35.0 Å². The molecule has 0 radical (unpaired) electrons. The van der Waals surface area contributed by atoms with Gasteiger partial charge in [-0.2, -0.15) is 0 Å². The maximum atomic E-state index is 12.0. The predicted molar refractivity (Wildman–Crippen MR) is 112 cm³/mol. The minimum Gasteiger partial charge on any atom is -0.481 e. The molecule has 0 heterocycles. The van der Waals surface area contributed by atoms with Crippen molar-refractivity contribution in [3.63, 3.8) is 0 Å². The highest BCUT2D eigenvalue weighted by atomic mass is 79.9. The average Bonchev–Trinajstić information content (AvgIpc) is 2.67. The Bertz CT molecular complexity index is 997. The summed E-state index contributed by atoms with van der Waals surface area (Å²) >= 11 is 6.97. The predicted octanol–water partition coefficient (Wildman–Crippen LogP) is 5.94. The van der Waals surface area contributed by atoms with Crippen LogP contribution in [-0.4, -0.2) is 18.4 Å². The van der Waals surface area contributed by atoms with Crippen molar-refractivity contribution >= 4 is 54.4 Å². The number of fused-ring (bicyclic) bond motifs is 1. The lowest BCUT2D eigenvalue weighted by Gasteiger charge is -2.10. The van der Waals surface area contributed by atoms with E-state index in [-0.39, 0.29) is 12.4 Å². The van der Waals surface area contributed by atoms with E-state index in [4.69, 9.17) is 9.47 Å². The average molecular weight is 492 g/mol. The second kappa shape index (κ2) is 8.67. The Morgan fingerprint density at radius 2 is 1.70 bits per heavy atom. The van der Waals surface area contributed by atoms with E-state index in [1.54, 1.807) is 37.3 Å². The largest absolute Gasteiger partial charge is 0.481 e. The van der Waals surface area contributed by atoms with E-state index in [0.717, 1.165) is 19.7 Å². The van der Waals surface area contributed by atoms with Crippen LogP contribution in [0.25, 0.3) is 10.8 Å². The van der Waals surface area contributed by atoms with Crippen molar-refractivity contribution in [2.24, 2.45) is 0 Å². The molecule has 3 aromatic carbocycles. The van der Waals surface area contributed by atoms with Gasteiger partial charge in [0, 0.05) is 16.5 Å². The number of rotatable bonds is 6. The highest BCUT2D eigenvalue weighted by molar-refractivity contribution is 9.11. The van der Waals surface area contributed by atoms with E-state index < -0.39 is 5.97 Å². The molecule has 3 aromatic rings. The number of ketones is 1. The standard InChI is InChI=1S/C21H16Br2O4/c1-2-18(24)13-3-7-16(8-4-13)27-20(25)12-26-19-10-5-14-11-15(22)6-9-17(14)21(19)23/h3-11H,2,12H2,1H3. The van der Waals surface area contributed by atoms with Crippen LogP contribution in [-0.2, 0) is 4.79 Å². The topological polar surface area (TPSA) is 52.6 Å². The van der Waals surface area contributed by atoms with Gasteiger partial charge in [0.15, 0.2) is 12.4 Å². The Kier molecular flexibility index (Phi) is 6.29. The number of Topliss-reactive ketones (excluding diaryl/α,β-unsaturated/α-hetero) is 1. The van der Waals surface area contributed by atoms with Gasteiger partial charge in [-0.3, -0.25) is 4.79 Å². The van der Waals surface area contributed by atoms with Crippen molar-refractivity contribution in [3.05, 3.63) is 69.1 Å². The summed E-state index contributed by atoms with van der Waals surface area (Å²) < 4.78 is 12.6. The van der Waals surface area contributed by atoms with Crippen molar-refractivity contribution in [2.45, 2.75) is 13.3 Å². The van der Waals surface area contributed by atoms with Crippen LogP contribution in [0.3, 0.4) is 0 Å². The van der Waals surface area contributed by atoms with Crippen LogP contribution < -0.4 is 9.47 Å². The van der Waals surface area contributed by atoms with Crippen LogP contribution in [0.4, 0.5) is 0 Å². The second-order valence-electron chi connectivity index (χ2n) is 5.81. The van der Waals surface area contributed by atoms with Gasteiger partial charge in [-0.25, -0.2) is 4.79 Å². The van der Waals surface area contributed by atoms with Gasteiger partial charge in [0.2, 0.25) is 0 Å². The van der Waals surface area contributed by atoms with Crippen molar-refractivity contribution in [2.75, 3.05) is 6.61 Å². The Labute approximate surface area is 173 Å². The number of hydrogen-bond donors (Lipinski definition) is 0. The fraction of sp³-hybridized carbons (Fsp3) is 0.143. The number of benzene rings is 3. The molecule has 4 nitrogen and oxygen atoms in total. The maximum absolute atomic E-state index is 12.0. The molecule has 0 spiro atoms. The lowest BCUT2D eigenvalue weighted by Crippen LogP contribution is -2.17. The summed E-state index contributed by atoms with van der Waals surface area (Å²) in [6.45, 7) is 1.58. The molecule has 0 aliphatic rings. The van der Waals surface area contributed by atoms with E-state index in [1.165, 1.54) is 0 Å². The summed E-state index contributed by atoms with van der Waals surface area (Å²) in [5.41, 5.74) is 0.597. The normalized spacial score (nSPS) is 10.6. The van der Waals surface area contributed by atoms with Gasteiger partial charge < -0.3 is 9.47 Å². The van der Waals surface area contributed by atoms with E-state index in [9.17, 15) is 9.59 Å². The zero-order chi connectivity index (χ0) is 19.4. The molecule has 6 heteroatoms. The van der Waals surface area contributed by atoms with Gasteiger partial charge in [-0.15, -0.1) is 0 Å². The number of hydrogen-bond acceptors (Lipinski definition) is 4. The van der Waals surface area contributed by atoms with Crippen LogP contribution in [0.2, 0.25) is 0 Å². The summed E-state index contributed by atoms with van der Waals surface area (Å²) in [5.74, 6) is 0.459. The van der Waals surface area contributed by atoms with Crippen LogP contribution in [0.1, 0.15) is 23.7 Å². The number of carbonyl (C=O) groups excluding carboxylic acids is 2. The third kappa shape index (κ3) is 4.76. The second-order valence-corrected chi connectivity index (χ2v) is 7.52. The van der Waals surface area contributed by atoms with Crippen molar-refractivity contribution in [1.29, 1.82) is 0 Å². The first-order valence-electron chi connectivity index (χ1n) is 8.32. The monoisotopic (exact) mass is 490 g/mol. The van der Waals surface area contributed by atoms with Gasteiger partial charge in [0.05, 0.1) is 4.47 Å². The molecule has 0 saturated heterocycles. The molecule has 3 rings (SSSR count). The molecule has 0 fully saturated rings. The fourth-order valence-corrected chi connectivity index (χ4v) is 3.55. The van der Waals surface area contributed by atoms with Crippen LogP contribution in [0.5, 0.6) is 11.5 Å². The molecule has 0 bridgehead atoms. The van der Waals surface area contributed by atoms with Gasteiger partial charge >= 0.3 is 5.97 Å². The Morgan fingerprint density at radius 1 is 0.963 bits per heavy atom. The first-order chi connectivity index (χ1) is 13.0. The summed E-state index contributed by atoms with van der Waals surface area (Å²) in [6.07, 6.45) is 0.435. The zero-order valence-corrected chi connectivity index (χ0v) is 17.7. The Hall–Kier alpha value is -2.18. The highest BCUT2D eigenvalue weighted by Gasteiger charge is 2.11. The zero-order valence-electron chi connectivity index (χ0n) is 14.5. The van der Waals surface area contributed by atoms with Crippen LogP contribution in [0.15, 0.2) is 63.5 Å². The molecule has 138 valence electrons. The Balaban J connectivity index is 1.64. The van der Waals surface area contributed by atoms with Gasteiger partial charge in [-0.05, 0) is 69.2 Å². The lowest BCUT2D eigenvalue weighted by atomic mass is 10.1. The van der Waals surface area contributed by atoms with Crippen molar-refractivity contribution in [3.8, 4) is 11.5 Å². The molecule has 0 aliphatic carbocycles. The molecule has 0 aromatic heterocycles. The summed E-state index contributed by atoms with van der Waals surface area (Å²) in [7, 11) is 0. The molecule has 0 saturated carbocycles. The smallest absolute Gasteiger partial charge is 0.349 e. The number of halogens is 2. The van der Waals surface area contributed by atoms with E-state index in [0.29, 0.717) is 23.5 Å². The molecule has 0 atom stereocenters. The van der Waals surface area contributed by atoms with E-state index in [1.807, 2.05) is 24.3 Å². The first kappa shape index (κ1) is 19.6. The summed E-state index contributed by atoms with van der Waals surface area (Å²) in [4.78, 5) is 23.7. The van der Waals surface area contributed by atoms with E-state index in [2.05, 4.69) is 31.9 Å². The number of ether oxygens (including phenoxy) is 2. The SMILES string of the molecule is CCC(=O)c1ccc(OC(=O)COc2ccc3cc(Br)ccc3c2Br)cc1. The Morgan fingerprint density at radius 3 is 2.41 bits per heavy atom. The molecule has 0 N–H and O–H groups in total. The molecule has 0 aliphatic heterocycles. The fourth-order valence-electron chi connectivity index (χ4n) is 2.56. The molecular formula is C21H16Br2O4. The number of carbonyl (C=O) groups is 2. The van der Waals surface area contributed by atoms with Crippen LogP contribution >= 0.6 is 31.9 Å². The first-order valence-corrected chi connectivity index (χ1v) is 9.91. The third-order valence-electron chi connectivity index (χ3n) is 3.96. The third-order valence-corrected chi connectivity index (χ3v) is 5.27. The molecule has 0 unspecified atom stereocenters. The molecule has 0 amide bonds. The highest BCUT2D eigenvalue weighted by Crippen LogP contribution is 2.34. The molecular weight excluding hydrogens is 476 g/mol. The minimum atomic E-state index is -0.521. The molecule has 27 heavy (non-hydrogen) atoms. The summed E-state index contributed by atoms with van der Waals surface area (Å²) in [6, 6.07) is 16.1. The van der Waals surface area contributed by atoms with Gasteiger partial charge in [0.25, 0.3) is 0 Å². The quantitative estimate of drug-likeness (QED) is 0.243. The maximum Gasteiger partial charge on any atom is 0.349 e. The van der Waals surface area contributed by atoms with Gasteiger partial charge in [0.1, 0.15) is 11.5 Å². The van der Waals surface area contributed by atoms with E-state index >= 15 is 0 Å². The lowest BCUT2D eigenvalue weighted by molar-refractivity contribution is -0.136. The van der Waals surface area contributed by atoms with Crippen LogP contribution in [0, 0.1) is 0 Å². The van der Waals surface area contributed by atoms with Crippen molar-refractivity contribution < 1.29 is 19.1 Å². The minimum absolute atomic E-state index is 0.0457.